The molecular weight excluding hydrogens is 276 g/mol. The maximum absolute atomic E-state index is 12.1. The van der Waals surface area contributed by atoms with Crippen LogP contribution in [0.3, 0.4) is 0 Å². The van der Waals surface area contributed by atoms with Crippen molar-refractivity contribution in [3.8, 4) is 5.75 Å². The van der Waals surface area contributed by atoms with Gasteiger partial charge in [-0.25, -0.2) is 0 Å². The predicted octanol–water partition coefficient (Wildman–Crippen LogP) is 2.23. The van der Waals surface area contributed by atoms with Gasteiger partial charge in [0.1, 0.15) is 0 Å². The Kier molecular flexibility index (Phi) is 5.26. The molecule has 1 amide bonds. The third-order valence-corrected chi connectivity index (χ3v) is 3.18. The number of ether oxygens (including phenoxy) is 1. The topological polar surface area (TPSA) is 102 Å². The highest BCUT2D eigenvalue weighted by molar-refractivity contribution is 5.98. The van der Waals surface area contributed by atoms with Gasteiger partial charge < -0.3 is 15.2 Å². The number of benzene rings is 1. The summed E-state index contributed by atoms with van der Waals surface area (Å²) >= 11 is 0. The van der Waals surface area contributed by atoms with Gasteiger partial charge in [-0.3, -0.25) is 14.9 Å². The number of hydrogen-bond donors (Lipinski definition) is 2. The number of phenolic OH excluding ortho intramolecular Hbond substituents is 1. The number of phenols is 1. The quantitative estimate of drug-likeness (QED) is 0.619. The summed E-state index contributed by atoms with van der Waals surface area (Å²) in [6, 6.07) is 3.62. The summed E-state index contributed by atoms with van der Waals surface area (Å²) in [6.07, 6.45) is 0.560. The summed E-state index contributed by atoms with van der Waals surface area (Å²) < 4.78 is 5.28. The number of nitrogens with zero attached hydrogens (tertiary/aromatic N) is 1. The van der Waals surface area contributed by atoms with Crippen molar-refractivity contribution in [1.82, 2.24) is 5.32 Å². The minimum absolute atomic E-state index is 0.119. The molecule has 0 aliphatic carbocycles. The van der Waals surface area contributed by atoms with Crippen molar-refractivity contribution in [2.75, 3.05) is 7.11 Å². The molecule has 0 aliphatic rings. The van der Waals surface area contributed by atoms with Crippen molar-refractivity contribution in [3.05, 3.63) is 33.9 Å². The second kappa shape index (κ2) is 6.53. The number of amides is 1. The Hall–Kier alpha value is -2.15. The third-order valence-electron chi connectivity index (χ3n) is 3.18. The minimum atomic E-state index is -0.733. The van der Waals surface area contributed by atoms with Crippen molar-refractivity contribution in [3.63, 3.8) is 0 Å². The molecular formula is C14H20N2O5. The van der Waals surface area contributed by atoms with E-state index in [0.29, 0.717) is 6.42 Å². The first kappa shape index (κ1) is 16.9. The molecule has 1 aromatic carbocycles. The van der Waals surface area contributed by atoms with Gasteiger partial charge in [-0.1, -0.05) is 6.07 Å². The van der Waals surface area contributed by atoms with Crippen LogP contribution in [0, 0.1) is 10.1 Å². The molecule has 7 heteroatoms. The lowest BCUT2D eigenvalue weighted by Crippen LogP contribution is -2.39. The van der Waals surface area contributed by atoms with Crippen LogP contribution in [0.15, 0.2) is 18.2 Å². The highest BCUT2D eigenvalue weighted by Gasteiger charge is 2.24. The molecule has 0 saturated heterocycles. The molecule has 0 saturated carbocycles. The zero-order valence-corrected chi connectivity index (χ0v) is 12.5. The molecule has 0 fully saturated rings. The highest BCUT2D eigenvalue weighted by atomic mass is 16.6. The summed E-state index contributed by atoms with van der Waals surface area (Å²) in [5, 5.41) is 23.2. The second-order valence-electron chi connectivity index (χ2n) is 5.47. The Balaban J connectivity index is 2.86. The summed E-state index contributed by atoms with van der Waals surface area (Å²) in [5.74, 6) is -1.19. The molecule has 0 aliphatic heterocycles. The van der Waals surface area contributed by atoms with Crippen LogP contribution < -0.4 is 5.32 Å². The summed E-state index contributed by atoms with van der Waals surface area (Å²) in [7, 11) is 1.58. The summed E-state index contributed by atoms with van der Waals surface area (Å²) in [5.41, 5.74) is -1.02. The summed E-state index contributed by atoms with van der Waals surface area (Å²) in [4.78, 5) is 22.1. The molecule has 0 heterocycles. The van der Waals surface area contributed by atoms with Gasteiger partial charge in [0.05, 0.1) is 16.1 Å². The molecule has 1 atom stereocenters. The van der Waals surface area contributed by atoms with Crippen LogP contribution in [-0.2, 0) is 4.74 Å². The second-order valence-corrected chi connectivity index (χ2v) is 5.47. The number of hydrogen-bond acceptors (Lipinski definition) is 5. The van der Waals surface area contributed by atoms with Crippen LogP contribution in [0.2, 0.25) is 0 Å². The average molecular weight is 296 g/mol. The van der Waals surface area contributed by atoms with Crippen molar-refractivity contribution >= 4 is 11.6 Å². The standard InChI is InChI=1S/C14H20N2O5/c1-9(8-14(2,3)21-4)15-13(18)10-6-5-7-11(12(10)17)16(19)20/h5-7,9,17H,8H2,1-4H3,(H,15,18). The number of nitrogens with one attached hydrogen (secondary N) is 1. The number of carbonyl (C=O) groups is 1. The van der Waals surface area contributed by atoms with E-state index in [9.17, 15) is 20.0 Å². The number of para-hydroxylation sites is 1. The Morgan fingerprint density at radius 1 is 1.52 bits per heavy atom. The van der Waals surface area contributed by atoms with Gasteiger partial charge in [-0.2, -0.15) is 0 Å². The van der Waals surface area contributed by atoms with Gasteiger partial charge in [-0.15, -0.1) is 0 Å². The Labute approximate surface area is 123 Å². The lowest BCUT2D eigenvalue weighted by Gasteiger charge is -2.27. The van der Waals surface area contributed by atoms with E-state index < -0.39 is 27.9 Å². The zero-order valence-electron chi connectivity index (χ0n) is 12.5. The number of nitro benzene ring substituents is 1. The lowest BCUT2D eigenvalue weighted by atomic mass is 9.99. The maximum atomic E-state index is 12.1. The largest absolute Gasteiger partial charge is 0.502 e. The van der Waals surface area contributed by atoms with E-state index in [1.54, 1.807) is 14.0 Å². The van der Waals surface area contributed by atoms with Gasteiger partial charge in [0.15, 0.2) is 0 Å². The van der Waals surface area contributed by atoms with Gasteiger partial charge in [0.2, 0.25) is 5.75 Å². The van der Waals surface area contributed by atoms with Crippen molar-refractivity contribution in [1.29, 1.82) is 0 Å². The number of nitro groups is 1. The molecule has 7 nitrogen and oxygen atoms in total. The average Bonchev–Trinajstić information content (AvgIpc) is 2.37. The van der Waals surface area contributed by atoms with E-state index in [1.165, 1.54) is 12.1 Å². The van der Waals surface area contributed by atoms with E-state index in [-0.39, 0.29) is 11.6 Å². The monoisotopic (exact) mass is 296 g/mol. The van der Waals surface area contributed by atoms with Crippen LogP contribution in [0.1, 0.15) is 37.6 Å². The van der Waals surface area contributed by atoms with Crippen LogP contribution in [-0.4, -0.2) is 34.7 Å². The maximum Gasteiger partial charge on any atom is 0.311 e. The Morgan fingerprint density at radius 3 is 2.67 bits per heavy atom. The highest BCUT2D eigenvalue weighted by Crippen LogP contribution is 2.29. The first-order valence-corrected chi connectivity index (χ1v) is 6.50. The SMILES string of the molecule is COC(C)(C)CC(C)NC(=O)c1cccc([N+](=O)[O-])c1O. The van der Waals surface area contributed by atoms with Crippen molar-refractivity contribution in [2.24, 2.45) is 0 Å². The molecule has 1 aromatic rings. The lowest BCUT2D eigenvalue weighted by molar-refractivity contribution is -0.385. The van der Waals surface area contributed by atoms with Crippen LogP contribution >= 0.6 is 0 Å². The molecule has 0 radical (unpaired) electrons. The third kappa shape index (κ3) is 4.42. The molecule has 116 valence electrons. The molecule has 1 unspecified atom stereocenters. The number of aromatic hydroxyl groups is 1. The fourth-order valence-electron chi connectivity index (χ4n) is 2.04. The van der Waals surface area contributed by atoms with Gasteiger partial charge in [0.25, 0.3) is 5.91 Å². The van der Waals surface area contributed by atoms with Gasteiger partial charge in [0, 0.05) is 19.2 Å². The number of carbonyl (C=O) groups excluding carboxylic acids is 1. The van der Waals surface area contributed by atoms with Gasteiger partial charge >= 0.3 is 5.69 Å². The predicted molar refractivity (Wildman–Crippen MR) is 77.4 cm³/mol. The molecule has 1 rings (SSSR count). The van der Waals surface area contributed by atoms with E-state index in [4.69, 9.17) is 4.74 Å². The normalized spacial score (nSPS) is 12.8. The summed E-state index contributed by atoms with van der Waals surface area (Å²) in [6.45, 7) is 5.58. The Bertz CT molecular complexity index is 542. The van der Waals surface area contributed by atoms with Crippen molar-refractivity contribution < 1.29 is 19.6 Å². The molecule has 21 heavy (non-hydrogen) atoms. The minimum Gasteiger partial charge on any atom is -0.502 e. The molecule has 2 N–H and O–H groups in total. The molecule has 0 spiro atoms. The number of methoxy groups -OCH3 is 1. The van der Waals surface area contributed by atoms with Crippen LogP contribution in [0.4, 0.5) is 5.69 Å². The number of rotatable bonds is 6. The zero-order chi connectivity index (χ0) is 16.2. The van der Waals surface area contributed by atoms with Crippen LogP contribution in [0.5, 0.6) is 5.75 Å². The van der Waals surface area contributed by atoms with Crippen molar-refractivity contribution in [2.45, 2.75) is 38.8 Å². The molecule has 0 bridgehead atoms. The van der Waals surface area contributed by atoms with E-state index >= 15 is 0 Å². The first-order chi connectivity index (χ1) is 9.68. The van der Waals surface area contributed by atoms with E-state index in [1.807, 2.05) is 13.8 Å². The van der Waals surface area contributed by atoms with E-state index in [0.717, 1.165) is 6.07 Å². The smallest absolute Gasteiger partial charge is 0.311 e. The van der Waals surface area contributed by atoms with E-state index in [2.05, 4.69) is 5.32 Å². The first-order valence-electron chi connectivity index (χ1n) is 6.50. The fraction of sp³-hybridized carbons (Fsp3) is 0.500. The fourth-order valence-corrected chi connectivity index (χ4v) is 2.04. The molecule has 0 aromatic heterocycles. The van der Waals surface area contributed by atoms with Crippen LogP contribution in [0.25, 0.3) is 0 Å². The Morgan fingerprint density at radius 2 is 2.14 bits per heavy atom. The van der Waals surface area contributed by atoms with Gasteiger partial charge in [-0.05, 0) is 33.3 Å².